The van der Waals surface area contributed by atoms with Crippen LogP contribution in [0.5, 0.6) is 0 Å². The second kappa shape index (κ2) is 4.63. The SMILES string of the molecule is C#Cc1cccc(-c2cc3c(N)ncnc3c(C)n2)c1. The zero-order valence-corrected chi connectivity index (χ0v) is 11.0. The Bertz CT molecular complexity index is 847. The van der Waals surface area contributed by atoms with Gasteiger partial charge in [0.25, 0.3) is 0 Å². The fraction of sp³-hybridized carbons (Fsp3) is 0.0625. The molecule has 0 saturated carbocycles. The number of anilines is 1. The molecule has 1 aromatic carbocycles. The Labute approximate surface area is 116 Å². The molecule has 2 N–H and O–H groups in total. The summed E-state index contributed by atoms with van der Waals surface area (Å²) in [6, 6.07) is 9.58. The second-order valence-corrected chi connectivity index (χ2v) is 4.47. The van der Waals surface area contributed by atoms with Gasteiger partial charge in [-0.15, -0.1) is 6.42 Å². The Morgan fingerprint density at radius 3 is 2.85 bits per heavy atom. The maximum absolute atomic E-state index is 5.92. The van der Waals surface area contributed by atoms with Crippen LogP contribution in [-0.2, 0) is 0 Å². The quantitative estimate of drug-likeness (QED) is 0.683. The standard InChI is InChI=1S/C16H12N4/c1-3-11-5-4-6-12(7-11)14-8-13-15(10(2)20-14)18-9-19-16(13)17/h1,4-9H,2H3,(H2,17,18,19). The number of nitrogen functional groups attached to an aromatic ring is 1. The molecule has 3 aromatic rings. The first-order chi connectivity index (χ1) is 9.69. The Kier molecular flexibility index (Phi) is 2.81. The highest BCUT2D eigenvalue weighted by molar-refractivity contribution is 5.91. The molecule has 20 heavy (non-hydrogen) atoms. The molecule has 0 aliphatic carbocycles. The highest BCUT2D eigenvalue weighted by Crippen LogP contribution is 2.26. The van der Waals surface area contributed by atoms with Crippen LogP contribution < -0.4 is 5.73 Å². The van der Waals surface area contributed by atoms with Gasteiger partial charge in [-0.3, -0.25) is 4.98 Å². The summed E-state index contributed by atoms with van der Waals surface area (Å²) in [5, 5.41) is 0.807. The molecule has 0 aliphatic rings. The van der Waals surface area contributed by atoms with E-state index >= 15 is 0 Å². The molecule has 0 radical (unpaired) electrons. The molecule has 0 amide bonds. The summed E-state index contributed by atoms with van der Waals surface area (Å²) in [7, 11) is 0. The van der Waals surface area contributed by atoms with Crippen LogP contribution in [0.1, 0.15) is 11.3 Å². The molecule has 4 heteroatoms. The normalized spacial score (nSPS) is 10.4. The van der Waals surface area contributed by atoms with Crippen molar-refractivity contribution in [2.24, 2.45) is 0 Å². The van der Waals surface area contributed by atoms with E-state index in [0.29, 0.717) is 5.82 Å². The van der Waals surface area contributed by atoms with E-state index in [4.69, 9.17) is 12.2 Å². The van der Waals surface area contributed by atoms with Crippen molar-refractivity contribution in [2.45, 2.75) is 6.92 Å². The van der Waals surface area contributed by atoms with Gasteiger partial charge in [0.15, 0.2) is 0 Å². The summed E-state index contributed by atoms with van der Waals surface area (Å²) in [6.45, 7) is 1.91. The topological polar surface area (TPSA) is 64.7 Å². The molecular formula is C16H12N4. The molecule has 0 atom stereocenters. The predicted octanol–water partition coefficient (Wildman–Crippen LogP) is 2.56. The fourth-order valence-corrected chi connectivity index (χ4v) is 2.16. The van der Waals surface area contributed by atoms with E-state index in [-0.39, 0.29) is 0 Å². The van der Waals surface area contributed by atoms with E-state index in [0.717, 1.165) is 33.4 Å². The summed E-state index contributed by atoms with van der Waals surface area (Å²) in [5.41, 5.74) is 10.1. The van der Waals surface area contributed by atoms with Gasteiger partial charge in [-0.1, -0.05) is 18.1 Å². The van der Waals surface area contributed by atoms with Gasteiger partial charge >= 0.3 is 0 Å². The minimum Gasteiger partial charge on any atom is -0.383 e. The number of fused-ring (bicyclic) bond motifs is 1. The first-order valence-corrected chi connectivity index (χ1v) is 6.14. The maximum atomic E-state index is 5.92. The van der Waals surface area contributed by atoms with E-state index < -0.39 is 0 Å². The van der Waals surface area contributed by atoms with Gasteiger partial charge in [-0.05, 0) is 25.1 Å². The molecule has 0 unspecified atom stereocenters. The summed E-state index contributed by atoms with van der Waals surface area (Å²) in [6.07, 6.45) is 6.88. The van der Waals surface area contributed by atoms with Gasteiger partial charge in [0, 0.05) is 16.5 Å². The van der Waals surface area contributed by atoms with E-state index in [1.807, 2.05) is 37.3 Å². The molecule has 0 fully saturated rings. The molecule has 2 heterocycles. The predicted molar refractivity (Wildman–Crippen MR) is 79.9 cm³/mol. The second-order valence-electron chi connectivity index (χ2n) is 4.47. The first-order valence-electron chi connectivity index (χ1n) is 6.14. The van der Waals surface area contributed by atoms with Crippen LogP contribution in [0.15, 0.2) is 36.7 Å². The lowest BCUT2D eigenvalue weighted by Gasteiger charge is -2.07. The Morgan fingerprint density at radius 1 is 1.20 bits per heavy atom. The highest BCUT2D eigenvalue weighted by Gasteiger charge is 2.09. The van der Waals surface area contributed by atoms with E-state index in [9.17, 15) is 0 Å². The molecule has 0 saturated heterocycles. The van der Waals surface area contributed by atoms with E-state index in [2.05, 4.69) is 20.9 Å². The maximum Gasteiger partial charge on any atom is 0.134 e. The average Bonchev–Trinajstić information content (AvgIpc) is 2.48. The van der Waals surface area contributed by atoms with Gasteiger partial charge < -0.3 is 5.73 Å². The lowest BCUT2D eigenvalue weighted by molar-refractivity contribution is 1.17. The lowest BCUT2D eigenvalue weighted by atomic mass is 10.1. The molecule has 2 aromatic heterocycles. The van der Waals surface area contributed by atoms with Gasteiger partial charge in [-0.25, -0.2) is 9.97 Å². The zero-order valence-electron chi connectivity index (χ0n) is 11.0. The number of hydrogen-bond donors (Lipinski definition) is 1. The summed E-state index contributed by atoms with van der Waals surface area (Å²) < 4.78 is 0. The Hall–Kier alpha value is -2.93. The van der Waals surface area contributed by atoms with Crippen molar-refractivity contribution in [1.29, 1.82) is 0 Å². The number of nitrogens with zero attached hydrogens (tertiary/aromatic N) is 3. The third-order valence-electron chi connectivity index (χ3n) is 3.15. The van der Waals surface area contributed by atoms with Crippen LogP contribution >= 0.6 is 0 Å². The molecule has 3 rings (SSSR count). The van der Waals surface area contributed by atoms with Crippen molar-refractivity contribution in [1.82, 2.24) is 15.0 Å². The van der Waals surface area contributed by atoms with Crippen molar-refractivity contribution in [2.75, 3.05) is 5.73 Å². The first kappa shape index (κ1) is 12.1. The summed E-state index contributed by atoms with van der Waals surface area (Å²) in [4.78, 5) is 12.8. The Balaban J connectivity index is 2.27. The van der Waals surface area contributed by atoms with E-state index in [1.165, 1.54) is 6.33 Å². The van der Waals surface area contributed by atoms with Crippen molar-refractivity contribution in [3.63, 3.8) is 0 Å². The Morgan fingerprint density at radius 2 is 2.05 bits per heavy atom. The fourth-order valence-electron chi connectivity index (χ4n) is 2.16. The van der Waals surface area contributed by atoms with Gasteiger partial charge in [0.1, 0.15) is 12.1 Å². The van der Waals surface area contributed by atoms with Crippen LogP contribution in [0.25, 0.3) is 22.2 Å². The monoisotopic (exact) mass is 260 g/mol. The number of aromatic nitrogens is 3. The van der Waals surface area contributed by atoms with Crippen molar-refractivity contribution < 1.29 is 0 Å². The van der Waals surface area contributed by atoms with E-state index in [1.54, 1.807) is 0 Å². The van der Waals surface area contributed by atoms with Crippen LogP contribution in [-0.4, -0.2) is 15.0 Å². The van der Waals surface area contributed by atoms with Crippen LogP contribution in [0.3, 0.4) is 0 Å². The van der Waals surface area contributed by atoms with Gasteiger partial charge in [-0.2, -0.15) is 0 Å². The third kappa shape index (κ3) is 1.95. The number of aryl methyl sites for hydroxylation is 1. The van der Waals surface area contributed by atoms with Crippen LogP contribution in [0.4, 0.5) is 5.82 Å². The smallest absolute Gasteiger partial charge is 0.134 e. The number of rotatable bonds is 1. The molecule has 0 aliphatic heterocycles. The van der Waals surface area contributed by atoms with Crippen LogP contribution in [0, 0.1) is 19.3 Å². The zero-order chi connectivity index (χ0) is 14.1. The minimum atomic E-state index is 0.454. The minimum absolute atomic E-state index is 0.454. The molecule has 0 spiro atoms. The molecule has 4 nitrogen and oxygen atoms in total. The van der Waals surface area contributed by atoms with Gasteiger partial charge in [0.2, 0.25) is 0 Å². The molecule has 96 valence electrons. The molecular weight excluding hydrogens is 248 g/mol. The number of nitrogens with two attached hydrogens (primary N) is 1. The van der Waals surface area contributed by atoms with Crippen LogP contribution in [0.2, 0.25) is 0 Å². The number of terminal acetylenes is 1. The summed E-state index contributed by atoms with van der Waals surface area (Å²) in [5.74, 6) is 3.08. The largest absolute Gasteiger partial charge is 0.383 e. The highest BCUT2D eigenvalue weighted by atomic mass is 14.9. The third-order valence-corrected chi connectivity index (χ3v) is 3.15. The van der Waals surface area contributed by atoms with Crippen molar-refractivity contribution in [3.8, 4) is 23.6 Å². The summed E-state index contributed by atoms with van der Waals surface area (Å²) >= 11 is 0. The number of hydrogen-bond acceptors (Lipinski definition) is 4. The number of pyridine rings is 1. The van der Waals surface area contributed by atoms with Crippen molar-refractivity contribution >= 4 is 16.7 Å². The molecule has 0 bridgehead atoms. The number of benzene rings is 1. The van der Waals surface area contributed by atoms with Crippen molar-refractivity contribution in [3.05, 3.63) is 47.9 Å². The lowest BCUT2D eigenvalue weighted by Crippen LogP contribution is -1.97. The average molecular weight is 260 g/mol. The van der Waals surface area contributed by atoms with Gasteiger partial charge in [0.05, 0.1) is 16.9 Å².